The fourth-order valence-electron chi connectivity index (χ4n) is 3.02. The van der Waals surface area contributed by atoms with Gasteiger partial charge in [0.15, 0.2) is 0 Å². The van der Waals surface area contributed by atoms with Gasteiger partial charge in [-0.25, -0.2) is 9.97 Å². The molecule has 1 fully saturated rings. The van der Waals surface area contributed by atoms with Crippen LogP contribution in [0.4, 0.5) is 5.82 Å². The van der Waals surface area contributed by atoms with Crippen molar-refractivity contribution in [3.8, 4) is 0 Å². The molecule has 0 spiro atoms. The number of aryl methyl sites for hydroxylation is 2. The summed E-state index contributed by atoms with van der Waals surface area (Å²) >= 11 is 1.75. The summed E-state index contributed by atoms with van der Waals surface area (Å²) in [6, 6.07) is 0.727. The summed E-state index contributed by atoms with van der Waals surface area (Å²) in [5.74, 6) is 0.998. The number of thiophene rings is 1. The Morgan fingerprint density at radius 1 is 1.40 bits per heavy atom. The highest BCUT2D eigenvalue weighted by Gasteiger charge is 2.20. The predicted octanol–water partition coefficient (Wildman–Crippen LogP) is 3.20. The van der Waals surface area contributed by atoms with Crippen molar-refractivity contribution in [2.45, 2.75) is 39.2 Å². The Hall–Kier alpha value is -1.20. The van der Waals surface area contributed by atoms with Gasteiger partial charge in [0, 0.05) is 17.5 Å². The van der Waals surface area contributed by atoms with Crippen molar-refractivity contribution in [1.29, 1.82) is 0 Å². The van der Waals surface area contributed by atoms with Crippen LogP contribution in [-0.4, -0.2) is 41.0 Å². The standard InChI is InChI=1S/C15H22N4S/c1-10-11(2)20-15-13(10)14(17-9-18-15)16-7-6-12-5-4-8-19(12)3/h9,12H,4-8H2,1-3H3,(H,16,17,18)/t12-/m0/s1. The van der Waals surface area contributed by atoms with Crippen molar-refractivity contribution in [3.05, 3.63) is 16.8 Å². The van der Waals surface area contributed by atoms with Crippen LogP contribution in [0.2, 0.25) is 0 Å². The summed E-state index contributed by atoms with van der Waals surface area (Å²) < 4.78 is 0. The largest absolute Gasteiger partial charge is 0.369 e. The predicted molar refractivity (Wildman–Crippen MR) is 85.6 cm³/mol. The molecule has 0 saturated carbocycles. The highest BCUT2D eigenvalue weighted by atomic mass is 32.1. The van der Waals surface area contributed by atoms with Crippen LogP contribution in [0, 0.1) is 13.8 Å². The summed E-state index contributed by atoms with van der Waals surface area (Å²) in [6.07, 6.45) is 5.52. The third-order valence-corrected chi connectivity index (χ3v) is 5.52. The van der Waals surface area contributed by atoms with E-state index < -0.39 is 0 Å². The topological polar surface area (TPSA) is 41.1 Å². The Balaban J connectivity index is 1.71. The number of anilines is 1. The van der Waals surface area contributed by atoms with Crippen LogP contribution in [0.5, 0.6) is 0 Å². The molecule has 108 valence electrons. The number of nitrogens with one attached hydrogen (secondary N) is 1. The molecule has 0 radical (unpaired) electrons. The molecule has 0 aliphatic carbocycles. The van der Waals surface area contributed by atoms with Gasteiger partial charge in [-0.15, -0.1) is 11.3 Å². The maximum absolute atomic E-state index is 4.44. The molecule has 0 unspecified atom stereocenters. The van der Waals surface area contributed by atoms with E-state index in [9.17, 15) is 0 Å². The summed E-state index contributed by atoms with van der Waals surface area (Å²) in [7, 11) is 2.23. The van der Waals surface area contributed by atoms with Crippen molar-refractivity contribution in [2.75, 3.05) is 25.5 Å². The lowest BCUT2D eigenvalue weighted by molar-refractivity contribution is 0.301. The van der Waals surface area contributed by atoms with E-state index in [4.69, 9.17) is 0 Å². The zero-order chi connectivity index (χ0) is 14.1. The fraction of sp³-hybridized carbons (Fsp3) is 0.600. The molecule has 3 rings (SSSR count). The monoisotopic (exact) mass is 290 g/mol. The average molecular weight is 290 g/mol. The third kappa shape index (κ3) is 2.52. The Labute approximate surface area is 124 Å². The quantitative estimate of drug-likeness (QED) is 0.939. The molecule has 0 amide bonds. The van der Waals surface area contributed by atoms with E-state index in [0.717, 1.165) is 23.2 Å². The van der Waals surface area contributed by atoms with Crippen LogP contribution in [0.1, 0.15) is 29.7 Å². The molecular weight excluding hydrogens is 268 g/mol. The summed E-state index contributed by atoms with van der Waals surface area (Å²) in [5, 5.41) is 4.72. The molecule has 20 heavy (non-hydrogen) atoms. The molecular formula is C15H22N4S. The van der Waals surface area contributed by atoms with E-state index in [0.29, 0.717) is 0 Å². The van der Waals surface area contributed by atoms with Crippen LogP contribution in [0.15, 0.2) is 6.33 Å². The van der Waals surface area contributed by atoms with Gasteiger partial charge >= 0.3 is 0 Å². The number of rotatable bonds is 4. The maximum Gasteiger partial charge on any atom is 0.138 e. The van der Waals surface area contributed by atoms with E-state index >= 15 is 0 Å². The molecule has 1 aliphatic rings. The number of aromatic nitrogens is 2. The molecule has 3 heterocycles. The lowest BCUT2D eigenvalue weighted by atomic mass is 10.1. The number of hydrogen-bond donors (Lipinski definition) is 1. The fourth-order valence-corrected chi connectivity index (χ4v) is 4.01. The molecule has 5 heteroatoms. The van der Waals surface area contributed by atoms with Crippen molar-refractivity contribution >= 4 is 27.4 Å². The van der Waals surface area contributed by atoms with Gasteiger partial charge in [-0.3, -0.25) is 0 Å². The number of hydrogen-bond acceptors (Lipinski definition) is 5. The van der Waals surface area contributed by atoms with Crippen molar-refractivity contribution in [1.82, 2.24) is 14.9 Å². The van der Waals surface area contributed by atoms with E-state index in [1.54, 1.807) is 17.7 Å². The third-order valence-electron chi connectivity index (χ3n) is 4.41. The second-order valence-corrected chi connectivity index (χ2v) is 6.88. The van der Waals surface area contributed by atoms with Crippen LogP contribution < -0.4 is 5.32 Å². The van der Waals surface area contributed by atoms with Gasteiger partial charge in [-0.1, -0.05) is 0 Å². The highest BCUT2D eigenvalue weighted by Crippen LogP contribution is 2.32. The first-order valence-corrected chi connectivity index (χ1v) is 8.13. The summed E-state index contributed by atoms with van der Waals surface area (Å²) in [6.45, 7) is 6.53. The molecule has 1 aliphatic heterocycles. The summed E-state index contributed by atoms with van der Waals surface area (Å²) in [4.78, 5) is 13.7. The molecule has 0 aromatic carbocycles. The van der Waals surface area contributed by atoms with Gasteiger partial charge in [0.25, 0.3) is 0 Å². The second kappa shape index (κ2) is 5.66. The van der Waals surface area contributed by atoms with Gasteiger partial charge in [0.2, 0.25) is 0 Å². The minimum atomic E-state index is 0.727. The minimum Gasteiger partial charge on any atom is -0.369 e. The molecule has 2 aromatic heterocycles. The van der Waals surface area contributed by atoms with Crippen LogP contribution >= 0.6 is 11.3 Å². The Kier molecular flexibility index (Phi) is 3.89. The molecule has 1 N–H and O–H groups in total. The van der Waals surface area contributed by atoms with Crippen molar-refractivity contribution in [3.63, 3.8) is 0 Å². The average Bonchev–Trinajstić information content (AvgIpc) is 2.96. The number of fused-ring (bicyclic) bond motifs is 1. The van der Waals surface area contributed by atoms with Crippen molar-refractivity contribution in [2.24, 2.45) is 0 Å². The lowest BCUT2D eigenvalue weighted by Crippen LogP contribution is -2.27. The normalized spacial score (nSPS) is 19.9. The zero-order valence-corrected chi connectivity index (χ0v) is 13.3. The summed E-state index contributed by atoms with van der Waals surface area (Å²) in [5.41, 5.74) is 1.31. The van der Waals surface area contributed by atoms with E-state index in [1.807, 2.05) is 0 Å². The van der Waals surface area contributed by atoms with Crippen LogP contribution in [0.3, 0.4) is 0 Å². The molecule has 0 bridgehead atoms. The lowest BCUT2D eigenvalue weighted by Gasteiger charge is -2.19. The van der Waals surface area contributed by atoms with Gasteiger partial charge < -0.3 is 10.2 Å². The maximum atomic E-state index is 4.44. The molecule has 4 nitrogen and oxygen atoms in total. The molecule has 1 saturated heterocycles. The second-order valence-electron chi connectivity index (χ2n) is 5.68. The van der Waals surface area contributed by atoms with Gasteiger partial charge in [-0.2, -0.15) is 0 Å². The Bertz CT molecular complexity index is 607. The molecule has 1 atom stereocenters. The Morgan fingerprint density at radius 3 is 3.00 bits per heavy atom. The zero-order valence-electron chi connectivity index (χ0n) is 12.4. The highest BCUT2D eigenvalue weighted by molar-refractivity contribution is 7.18. The van der Waals surface area contributed by atoms with E-state index in [-0.39, 0.29) is 0 Å². The number of nitrogens with zero attached hydrogens (tertiary/aromatic N) is 3. The van der Waals surface area contributed by atoms with E-state index in [1.165, 1.54) is 41.6 Å². The first-order chi connectivity index (χ1) is 9.66. The van der Waals surface area contributed by atoms with Crippen LogP contribution in [-0.2, 0) is 0 Å². The van der Waals surface area contributed by atoms with Crippen LogP contribution in [0.25, 0.3) is 10.2 Å². The smallest absolute Gasteiger partial charge is 0.138 e. The first kappa shape index (κ1) is 13.8. The van der Waals surface area contributed by atoms with Crippen molar-refractivity contribution < 1.29 is 0 Å². The molecule has 2 aromatic rings. The van der Waals surface area contributed by atoms with E-state index in [2.05, 4.69) is 41.1 Å². The Morgan fingerprint density at radius 2 is 2.25 bits per heavy atom. The van der Waals surface area contributed by atoms with Gasteiger partial charge in [0.1, 0.15) is 17.0 Å². The SMILES string of the molecule is Cc1sc2ncnc(NCC[C@@H]3CCCN3C)c2c1C. The van der Waals surface area contributed by atoms with Gasteiger partial charge in [0.05, 0.1) is 5.39 Å². The number of likely N-dealkylation sites (tertiary alicyclic amines) is 1. The first-order valence-electron chi connectivity index (χ1n) is 7.31. The van der Waals surface area contributed by atoms with Gasteiger partial charge in [-0.05, 0) is 52.3 Å². The minimum absolute atomic E-state index is 0.727.